The van der Waals surface area contributed by atoms with Crippen LogP contribution in [0.4, 0.5) is 0 Å². The van der Waals surface area contributed by atoms with Crippen LogP contribution >= 0.6 is 0 Å². The molecule has 0 saturated carbocycles. The molecule has 0 aromatic heterocycles. The van der Waals surface area contributed by atoms with Crippen LogP contribution in [-0.2, 0) is 20.7 Å². The number of hydrogen-bond donors (Lipinski definition) is 1. The SMILES string of the molecule is CC(C)CC1(C(CO)C(=O)OC(C)(C)C)CCN(CCc2ccccc2)C1=O. The molecule has 1 aromatic carbocycles. The van der Waals surface area contributed by atoms with Crippen LogP contribution in [0.1, 0.15) is 53.0 Å². The number of aliphatic hydroxyl groups excluding tert-OH is 1. The number of benzene rings is 1. The third-order valence-corrected chi connectivity index (χ3v) is 5.37. The van der Waals surface area contributed by atoms with E-state index >= 15 is 0 Å². The highest BCUT2D eigenvalue weighted by Crippen LogP contribution is 2.45. The highest BCUT2D eigenvalue weighted by atomic mass is 16.6. The summed E-state index contributed by atoms with van der Waals surface area (Å²) in [5.41, 5.74) is -0.359. The van der Waals surface area contributed by atoms with Gasteiger partial charge in [-0.2, -0.15) is 0 Å². The molecule has 0 aliphatic carbocycles. The number of carbonyl (C=O) groups is 2. The quantitative estimate of drug-likeness (QED) is 0.692. The largest absolute Gasteiger partial charge is 0.460 e. The maximum atomic E-state index is 13.5. The van der Waals surface area contributed by atoms with Crippen molar-refractivity contribution in [1.29, 1.82) is 0 Å². The topological polar surface area (TPSA) is 66.8 Å². The molecule has 5 heteroatoms. The average Bonchev–Trinajstić information content (AvgIpc) is 2.89. The molecule has 1 saturated heterocycles. The van der Waals surface area contributed by atoms with Crippen molar-refractivity contribution in [3.63, 3.8) is 0 Å². The minimum atomic E-state index is -0.887. The van der Waals surface area contributed by atoms with E-state index in [0.29, 0.717) is 25.9 Å². The van der Waals surface area contributed by atoms with Crippen LogP contribution in [0.2, 0.25) is 0 Å². The number of aliphatic hydroxyl groups is 1. The summed E-state index contributed by atoms with van der Waals surface area (Å²) in [7, 11) is 0. The second-order valence-electron chi connectivity index (χ2n) is 9.30. The van der Waals surface area contributed by atoms with E-state index in [2.05, 4.69) is 12.1 Å². The third kappa shape index (κ3) is 5.34. The molecule has 0 radical (unpaired) electrons. The Labute approximate surface area is 169 Å². The Bertz CT molecular complexity index is 665. The smallest absolute Gasteiger partial charge is 0.312 e. The van der Waals surface area contributed by atoms with Gasteiger partial charge in [0.15, 0.2) is 0 Å². The van der Waals surface area contributed by atoms with Gasteiger partial charge in [-0.3, -0.25) is 9.59 Å². The lowest BCUT2D eigenvalue weighted by molar-refractivity contribution is -0.171. The number of esters is 1. The van der Waals surface area contributed by atoms with E-state index in [-0.39, 0.29) is 18.4 Å². The van der Waals surface area contributed by atoms with Gasteiger partial charge in [0, 0.05) is 13.1 Å². The number of likely N-dealkylation sites (tertiary alicyclic amines) is 1. The highest BCUT2D eigenvalue weighted by Gasteiger charge is 2.55. The molecule has 2 atom stereocenters. The fraction of sp³-hybridized carbons (Fsp3) is 0.652. The zero-order chi connectivity index (χ0) is 20.9. The molecule has 1 amide bonds. The number of rotatable bonds is 8. The van der Waals surface area contributed by atoms with Gasteiger partial charge in [-0.15, -0.1) is 0 Å². The van der Waals surface area contributed by atoms with Crippen molar-refractivity contribution in [1.82, 2.24) is 4.90 Å². The standard InChI is InChI=1S/C23H35NO4/c1-17(2)15-23(19(16-25)20(26)28-22(3,4)5)12-14-24(21(23)27)13-11-18-9-7-6-8-10-18/h6-10,17,19,25H,11-16H2,1-5H3. The number of ether oxygens (including phenoxy) is 1. The summed E-state index contributed by atoms with van der Waals surface area (Å²) in [4.78, 5) is 28.2. The number of carbonyl (C=O) groups excluding carboxylic acids is 2. The van der Waals surface area contributed by atoms with Gasteiger partial charge in [-0.1, -0.05) is 44.2 Å². The van der Waals surface area contributed by atoms with Crippen LogP contribution in [0.5, 0.6) is 0 Å². The molecular weight excluding hydrogens is 354 g/mol. The molecule has 2 rings (SSSR count). The van der Waals surface area contributed by atoms with Gasteiger partial charge >= 0.3 is 5.97 Å². The molecule has 1 aliphatic heterocycles. The van der Waals surface area contributed by atoms with Crippen molar-refractivity contribution >= 4 is 11.9 Å². The molecule has 1 aliphatic rings. The average molecular weight is 390 g/mol. The first-order chi connectivity index (χ1) is 13.1. The summed E-state index contributed by atoms with van der Waals surface area (Å²) in [6, 6.07) is 10.1. The molecule has 156 valence electrons. The first kappa shape index (κ1) is 22.4. The van der Waals surface area contributed by atoms with Crippen molar-refractivity contribution in [2.45, 2.75) is 59.5 Å². The molecule has 1 fully saturated rings. The first-order valence-electron chi connectivity index (χ1n) is 10.3. The highest BCUT2D eigenvalue weighted by molar-refractivity contribution is 5.90. The second-order valence-corrected chi connectivity index (χ2v) is 9.30. The van der Waals surface area contributed by atoms with Gasteiger partial charge in [0.05, 0.1) is 17.9 Å². The lowest BCUT2D eigenvalue weighted by atomic mass is 9.69. The lowest BCUT2D eigenvalue weighted by Crippen LogP contribution is -2.47. The summed E-state index contributed by atoms with van der Waals surface area (Å²) in [6.45, 7) is 10.4. The van der Waals surface area contributed by atoms with Crippen LogP contribution < -0.4 is 0 Å². The van der Waals surface area contributed by atoms with E-state index in [1.807, 2.05) is 36.9 Å². The van der Waals surface area contributed by atoms with Crippen LogP contribution in [0.25, 0.3) is 0 Å². The van der Waals surface area contributed by atoms with Gasteiger partial charge in [0.2, 0.25) is 5.91 Å². The van der Waals surface area contributed by atoms with Crippen molar-refractivity contribution in [3.8, 4) is 0 Å². The van der Waals surface area contributed by atoms with E-state index in [1.54, 1.807) is 20.8 Å². The molecule has 1 heterocycles. The van der Waals surface area contributed by atoms with E-state index in [0.717, 1.165) is 6.42 Å². The Morgan fingerprint density at radius 1 is 1.25 bits per heavy atom. The van der Waals surface area contributed by atoms with Crippen LogP contribution in [-0.4, -0.2) is 47.2 Å². The van der Waals surface area contributed by atoms with Crippen LogP contribution in [0, 0.1) is 17.3 Å². The zero-order valence-electron chi connectivity index (χ0n) is 17.9. The summed E-state index contributed by atoms with van der Waals surface area (Å²) < 4.78 is 5.55. The minimum absolute atomic E-state index is 0.0259. The van der Waals surface area contributed by atoms with E-state index < -0.39 is 22.9 Å². The van der Waals surface area contributed by atoms with E-state index in [9.17, 15) is 14.7 Å². The van der Waals surface area contributed by atoms with Crippen molar-refractivity contribution < 1.29 is 19.4 Å². The fourth-order valence-corrected chi connectivity index (χ4v) is 4.21. The molecule has 28 heavy (non-hydrogen) atoms. The maximum Gasteiger partial charge on any atom is 0.312 e. The summed E-state index contributed by atoms with van der Waals surface area (Å²) >= 11 is 0. The second kappa shape index (κ2) is 9.08. The molecule has 2 unspecified atom stereocenters. The molecule has 5 nitrogen and oxygen atoms in total. The van der Waals surface area contributed by atoms with Crippen molar-refractivity contribution in [3.05, 3.63) is 35.9 Å². The summed E-state index contributed by atoms with van der Waals surface area (Å²) in [6.07, 6.45) is 1.92. The van der Waals surface area contributed by atoms with Crippen molar-refractivity contribution in [2.75, 3.05) is 19.7 Å². The summed E-state index contributed by atoms with van der Waals surface area (Å²) in [5.74, 6) is -1.10. The third-order valence-electron chi connectivity index (χ3n) is 5.37. The van der Waals surface area contributed by atoms with Gasteiger partial charge in [0.25, 0.3) is 0 Å². The van der Waals surface area contributed by atoms with Gasteiger partial charge in [-0.05, 0) is 51.5 Å². The molecule has 0 bridgehead atoms. The summed E-state index contributed by atoms with van der Waals surface area (Å²) in [5, 5.41) is 10.1. The van der Waals surface area contributed by atoms with E-state index in [1.165, 1.54) is 5.56 Å². The molecule has 1 aromatic rings. The first-order valence-corrected chi connectivity index (χ1v) is 10.3. The lowest BCUT2D eigenvalue weighted by Gasteiger charge is -2.36. The normalized spacial score (nSPS) is 21.2. The molecular formula is C23H35NO4. The Balaban J connectivity index is 2.21. The molecule has 0 spiro atoms. The predicted octanol–water partition coefficient (Wildman–Crippen LogP) is 3.44. The van der Waals surface area contributed by atoms with E-state index in [4.69, 9.17) is 4.74 Å². The Morgan fingerprint density at radius 3 is 2.43 bits per heavy atom. The maximum absolute atomic E-state index is 13.5. The van der Waals surface area contributed by atoms with Crippen molar-refractivity contribution in [2.24, 2.45) is 17.3 Å². The monoisotopic (exact) mass is 389 g/mol. The number of nitrogens with zero attached hydrogens (tertiary/aromatic N) is 1. The Hall–Kier alpha value is -1.88. The zero-order valence-corrected chi connectivity index (χ0v) is 17.9. The molecule has 1 N–H and O–H groups in total. The Morgan fingerprint density at radius 2 is 1.89 bits per heavy atom. The van der Waals surface area contributed by atoms with Gasteiger partial charge in [-0.25, -0.2) is 0 Å². The van der Waals surface area contributed by atoms with Crippen LogP contribution in [0.15, 0.2) is 30.3 Å². The van der Waals surface area contributed by atoms with Gasteiger partial charge < -0.3 is 14.7 Å². The number of hydrogen-bond acceptors (Lipinski definition) is 4. The number of amides is 1. The minimum Gasteiger partial charge on any atom is -0.460 e. The van der Waals surface area contributed by atoms with Crippen LogP contribution in [0.3, 0.4) is 0 Å². The van der Waals surface area contributed by atoms with Gasteiger partial charge in [0.1, 0.15) is 5.60 Å². The fourth-order valence-electron chi connectivity index (χ4n) is 4.21. The Kier molecular flexibility index (Phi) is 7.27. The predicted molar refractivity (Wildman–Crippen MR) is 110 cm³/mol.